The largest absolute Gasteiger partial charge is 0.478 e. The van der Waals surface area contributed by atoms with Gasteiger partial charge in [0.05, 0.1) is 11.1 Å². The summed E-state index contributed by atoms with van der Waals surface area (Å²) in [5.41, 5.74) is 2.63. The minimum absolute atomic E-state index is 0.305. The van der Waals surface area contributed by atoms with Crippen molar-refractivity contribution in [3.05, 3.63) is 35.5 Å². The van der Waals surface area contributed by atoms with Gasteiger partial charge in [-0.2, -0.15) is 0 Å². The van der Waals surface area contributed by atoms with E-state index in [4.69, 9.17) is 5.11 Å². The van der Waals surface area contributed by atoms with E-state index in [0.29, 0.717) is 17.5 Å². The van der Waals surface area contributed by atoms with Crippen molar-refractivity contribution in [1.82, 2.24) is 4.57 Å². The summed E-state index contributed by atoms with van der Waals surface area (Å²) in [6.45, 7) is 8.46. The van der Waals surface area contributed by atoms with E-state index in [0.717, 1.165) is 16.5 Å². The molecule has 18 heavy (non-hydrogen) atoms. The summed E-state index contributed by atoms with van der Waals surface area (Å²) in [4.78, 5) is 11.2. The van der Waals surface area contributed by atoms with E-state index >= 15 is 0 Å². The summed E-state index contributed by atoms with van der Waals surface area (Å²) >= 11 is 0. The highest BCUT2D eigenvalue weighted by Gasteiger charge is 2.15. The van der Waals surface area contributed by atoms with Crippen LogP contribution in [0.3, 0.4) is 0 Å². The number of rotatable bonds is 3. The van der Waals surface area contributed by atoms with Gasteiger partial charge in [0.2, 0.25) is 0 Å². The van der Waals surface area contributed by atoms with Crippen LogP contribution in [0.5, 0.6) is 0 Å². The predicted molar refractivity (Wildman–Crippen MR) is 73.4 cm³/mol. The molecule has 0 amide bonds. The van der Waals surface area contributed by atoms with E-state index in [1.165, 1.54) is 0 Å². The first-order valence-corrected chi connectivity index (χ1v) is 6.29. The number of hydrogen-bond donors (Lipinski definition) is 1. The van der Waals surface area contributed by atoms with Crippen LogP contribution in [-0.4, -0.2) is 15.6 Å². The van der Waals surface area contributed by atoms with Gasteiger partial charge in [0, 0.05) is 17.6 Å². The van der Waals surface area contributed by atoms with Gasteiger partial charge in [-0.3, -0.25) is 0 Å². The van der Waals surface area contributed by atoms with Crippen molar-refractivity contribution in [3.8, 4) is 0 Å². The maximum atomic E-state index is 11.2. The second kappa shape index (κ2) is 4.48. The molecule has 0 unspecified atom stereocenters. The van der Waals surface area contributed by atoms with E-state index in [-0.39, 0.29) is 0 Å². The van der Waals surface area contributed by atoms with E-state index in [9.17, 15) is 4.79 Å². The average Bonchev–Trinajstić information content (AvgIpc) is 2.70. The maximum absolute atomic E-state index is 11.2. The molecule has 0 spiro atoms. The summed E-state index contributed by atoms with van der Waals surface area (Å²) in [5.74, 6) is -0.560. The second-order valence-corrected chi connectivity index (χ2v) is 5.28. The third-order valence-corrected chi connectivity index (χ3v) is 3.27. The van der Waals surface area contributed by atoms with Crippen LogP contribution in [0.25, 0.3) is 10.9 Å². The van der Waals surface area contributed by atoms with E-state index in [1.807, 2.05) is 12.3 Å². The molecule has 1 heterocycles. The number of carboxylic acid groups (broad SMARTS) is 1. The Hall–Kier alpha value is -1.77. The van der Waals surface area contributed by atoms with Crippen LogP contribution >= 0.6 is 0 Å². The molecule has 0 aliphatic carbocycles. The minimum Gasteiger partial charge on any atom is -0.478 e. The highest BCUT2D eigenvalue weighted by atomic mass is 16.4. The number of fused-ring (bicyclic) bond motifs is 1. The summed E-state index contributed by atoms with van der Waals surface area (Å²) in [6.07, 6.45) is 2.03. The third-order valence-electron chi connectivity index (χ3n) is 3.27. The molecule has 2 rings (SSSR count). The topological polar surface area (TPSA) is 42.2 Å². The molecule has 0 aliphatic heterocycles. The number of hydrogen-bond acceptors (Lipinski definition) is 1. The molecule has 0 saturated carbocycles. The van der Waals surface area contributed by atoms with Gasteiger partial charge in [-0.05, 0) is 43.5 Å². The van der Waals surface area contributed by atoms with Crippen molar-refractivity contribution in [3.63, 3.8) is 0 Å². The Morgan fingerprint density at radius 2 is 1.89 bits per heavy atom. The van der Waals surface area contributed by atoms with Crippen LogP contribution < -0.4 is 0 Å². The van der Waals surface area contributed by atoms with Gasteiger partial charge in [-0.25, -0.2) is 4.79 Å². The van der Waals surface area contributed by atoms with Crippen LogP contribution in [-0.2, 0) is 0 Å². The molecule has 0 aliphatic rings. The monoisotopic (exact) mass is 245 g/mol. The van der Waals surface area contributed by atoms with Crippen molar-refractivity contribution >= 4 is 16.9 Å². The molecule has 0 atom stereocenters. The van der Waals surface area contributed by atoms with Crippen molar-refractivity contribution in [2.75, 3.05) is 0 Å². The normalized spacial score (nSPS) is 11.7. The molecule has 96 valence electrons. The van der Waals surface area contributed by atoms with Crippen molar-refractivity contribution < 1.29 is 9.90 Å². The lowest BCUT2D eigenvalue weighted by Crippen LogP contribution is -2.04. The van der Waals surface area contributed by atoms with Gasteiger partial charge in [0.25, 0.3) is 0 Å². The lowest BCUT2D eigenvalue weighted by atomic mass is 9.97. The highest BCUT2D eigenvalue weighted by Crippen LogP contribution is 2.30. The van der Waals surface area contributed by atoms with Gasteiger partial charge in [0.15, 0.2) is 0 Å². The van der Waals surface area contributed by atoms with Crippen LogP contribution in [0.15, 0.2) is 24.4 Å². The number of carbonyl (C=O) groups is 1. The third kappa shape index (κ3) is 2.01. The summed E-state index contributed by atoms with van der Waals surface area (Å²) < 4.78 is 2.20. The van der Waals surface area contributed by atoms with Gasteiger partial charge >= 0.3 is 5.97 Å². The summed E-state index contributed by atoms with van der Waals surface area (Å²) in [5, 5.41) is 10.2. The molecule has 0 fully saturated rings. The maximum Gasteiger partial charge on any atom is 0.335 e. The fourth-order valence-electron chi connectivity index (χ4n) is 2.33. The fourth-order valence-corrected chi connectivity index (χ4v) is 2.33. The Kier molecular flexibility index (Phi) is 3.16. The smallest absolute Gasteiger partial charge is 0.335 e. The van der Waals surface area contributed by atoms with Crippen LogP contribution in [0, 0.1) is 0 Å². The lowest BCUT2D eigenvalue weighted by Gasteiger charge is -2.15. The molecule has 0 saturated heterocycles. The van der Waals surface area contributed by atoms with Crippen LogP contribution in [0.1, 0.15) is 55.6 Å². The van der Waals surface area contributed by atoms with E-state index in [1.54, 1.807) is 12.1 Å². The number of aromatic carboxylic acids is 1. The predicted octanol–water partition coefficient (Wildman–Crippen LogP) is 4.04. The Bertz CT molecular complexity index is 594. The molecule has 3 nitrogen and oxygen atoms in total. The number of nitrogens with zero attached hydrogens (tertiary/aromatic N) is 1. The Morgan fingerprint density at radius 3 is 2.39 bits per heavy atom. The SMILES string of the molecule is CC(C)c1cc(C(=O)O)cc2ccn(C(C)C)c12. The number of carboxylic acids is 1. The Balaban J connectivity index is 2.80. The molecular weight excluding hydrogens is 226 g/mol. The Morgan fingerprint density at radius 1 is 1.22 bits per heavy atom. The molecule has 1 aromatic carbocycles. The second-order valence-electron chi connectivity index (χ2n) is 5.28. The molecule has 0 radical (unpaired) electrons. The average molecular weight is 245 g/mol. The summed E-state index contributed by atoms with van der Waals surface area (Å²) in [6, 6.07) is 5.92. The van der Waals surface area contributed by atoms with Gasteiger partial charge < -0.3 is 9.67 Å². The molecule has 3 heteroatoms. The summed E-state index contributed by atoms with van der Waals surface area (Å²) in [7, 11) is 0. The quantitative estimate of drug-likeness (QED) is 0.886. The molecule has 1 N–H and O–H groups in total. The first-order chi connectivity index (χ1) is 8.41. The Labute approximate surface area is 107 Å². The first kappa shape index (κ1) is 12.7. The lowest BCUT2D eigenvalue weighted by molar-refractivity contribution is 0.0697. The zero-order valence-electron chi connectivity index (χ0n) is 11.3. The minimum atomic E-state index is -0.865. The van der Waals surface area contributed by atoms with Crippen molar-refractivity contribution in [2.24, 2.45) is 0 Å². The molecule has 1 aromatic heterocycles. The zero-order valence-corrected chi connectivity index (χ0v) is 11.3. The molecule has 0 bridgehead atoms. The zero-order chi connectivity index (χ0) is 13.4. The highest BCUT2D eigenvalue weighted by molar-refractivity contribution is 5.95. The molecule has 2 aromatic rings. The van der Waals surface area contributed by atoms with Crippen LogP contribution in [0.4, 0.5) is 0 Å². The van der Waals surface area contributed by atoms with Crippen molar-refractivity contribution in [2.45, 2.75) is 39.7 Å². The van der Waals surface area contributed by atoms with E-state index < -0.39 is 5.97 Å². The van der Waals surface area contributed by atoms with Gasteiger partial charge in [0.1, 0.15) is 0 Å². The standard InChI is InChI=1S/C15H19NO2/c1-9(2)13-8-12(15(17)18)7-11-5-6-16(10(3)4)14(11)13/h5-10H,1-4H3,(H,17,18). The fraction of sp³-hybridized carbons (Fsp3) is 0.400. The van der Waals surface area contributed by atoms with E-state index in [2.05, 4.69) is 32.3 Å². The number of aromatic nitrogens is 1. The van der Waals surface area contributed by atoms with Gasteiger partial charge in [-0.1, -0.05) is 13.8 Å². The van der Waals surface area contributed by atoms with Crippen LogP contribution in [0.2, 0.25) is 0 Å². The number of benzene rings is 1. The molecular formula is C15H19NO2. The first-order valence-electron chi connectivity index (χ1n) is 6.29. The van der Waals surface area contributed by atoms with Crippen molar-refractivity contribution in [1.29, 1.82) is 0 Å². The van der Waals surface area contributed by atoms with Gasteiger partial charge in [-0.15, -0.1) is 0 Å².